The number of non-ortho nitro benzene ring substituents is 1. The van der Waals surface area contributed by atoms with Crippen LogP contribution >= 0.6 is 15.9 Å². The van der Waals surface area contributed by atoms with Gasteiger partial charge in [-0.05, 0) is 24.9 Å². The Bertz CT molecular complexity index is 466. The molecule has 1 amide bonds. The van der Waals surface area contributed by atoms with Crippen molar-refractivity contribution in [1.29, 1.82) is 0 Å². The third-order valence-electron chi connectivity index (χ3n) is 2.55. The summed E-state index contributed by atoms with van der Waals surface area (Å²) in [5, 5.41) is 13.4. The molecule has 0 saturated heterocycles. The van der Waals surface area contributed by atoms with Crippen molar-refractivity contribution in [3.05, 3.63) is 38.3 Å². The number of hydrogen-bond donors (Lipinski definition) is 2. The third-order valence-corrected chi connectivity index (χ3v) is 3.29. The van der Waals surface area contributed by atoms with Crippen molar-refractivity contribution in [3.8, 4) is 0 Å². The summed E-state index contributed by atoms with van der Waals surface area (Å²) in [6.45, 7) is 1.21. The van der Waals surface area contributed by atoms with Crippen LogP contribution in [0.2, 0.25) is 0 Å². The standard InChI is InChI=1S/C12H16BrN3O3/c13-11-8-10(16(18)19)4-3-9(11)7-12(17)15-6-2-1-5-14/h3-4,8H,1-2,5-7,14H2,(H,15,17). The molecule has 19 heavy (non-hydrogen) atoms. The Morgan fingerprint density at radius 1 is 1.42 bits per heavy atom. The Balaban J connectivity index is 2.52. The second kappa shape index (κ2) is 7.85. The number of hydrogen-bond acceptors (Lipinski definition) is 4. The first-order valence-electron chi connectivity index (χ1n) is 5.94. The number of unbranched alkanes of at least 4 members (excludes halogenated alkanes) is 1. The van der Waals surface area contributed by atoms with Crippen molar-refractivity contribution in [2.75, 3.05) is 13.1 Å². The van der Waals surface area contributed by atoms with Crippen LogP contribution < -0.4 is 11.1 Å². The molecule has 1 aromatic rings. The van der Waals surface area contributed by atoms with Gasteiger partial charge in [-0.2, -0.15) is 0 Å². The topological polar surface area (TPSA) is 98.3 Å². The van der Waals surface area contributed by atoms with Gasteiger partial charge < -0.3 is 11.1 Å². The molecule has 0 heterocycles. The summed E-state index contributed by atoms with van der Waals surface area (Å²) < 4.78 is 0.568. The van der Waals surface area contributed by atoms with E-state index in [2.05, 4.69) is 21.2 Å². The average Bonchev–Trinajstić information content (AvgIpc) is 2.37. The molecule has 0 aliphatic heterocycles. The first-order valence-corrected chi connectivity index (χ1v) is 6.73. The summed E-state index contributed by atoms with van der Waals surface area (Å²) in [5.74, 6) is -0.105. The van der Waals surface area contributed by atoms with Gasteiger partial charge in [0.25, 0.3) is 5.69 Å². The van der Waals surface area contributed by atoms with Gasteiger partial charge in [-0.1, -0.05) is 22.0 Å². The summed E-state index contributed by atoms with van der Waals surface area (Å²) in [7, 11) is 0. The summed E-state index contributed by atoms with van der Waals surface area (Å²) >= 11 is 3.24. The fourth-order valence-corrected chi connectivity index (χ4v) is 2.03. The number of nitro groups is 1. The van der Waals surface area contributed by atoms with E-state index in [1.807, 2.05) is 0 Å². The molecule has 0 saturated carbocycles. The van der Waals surface area contributed by atoms with Crippen LogP contribution in [0.1, 0.15) is 18.4 Å². The number of nitrogens with one attached hydrogen (secondary N) is 1. The van der Waals surface area contributed by atoms with Crippen LogP contribution in [0.5, 0.6) is 0 Å². The second-order valence-electron chi connectivity index (χ2n) is 4.06. The van der Waals surface area contributed by atoms with Crippen LogP contribution in [-0.2, 0) is 11.2 Å². The quantitative estimate of drug-likeness (QED) is 0.452. The van der Waals surface area contributed by atoms with Gasteiger partial charge >= 0.3 is 0 Å². The summed E-state index contributed by atoms with van der Waals surface area (Å²) in [6, 6.07) is 4.38. The number of rotatable bonds is 7. The van der Waals surface area contributed by atoms with Gasteiger partial charge in [0.05, 0.1) is 11.3 Å². The number of carbonyl (C=O) groups is 1. The number of benzene rings is 1. The highest BCUT2D eigenvalue weighted by molar-refractivity contribution is 9.10. The Kier molecular flexibility index (Phi) is 6.44. The molecule has 7 heteroatoms. The molecule has 0 unspecified atom stereocenters. The Morgan fingerprint density at radius 3 is 2.74 bits per heavy atom. The van der Waals surface area contributed by atoms with Crippen molar-refractivity contribution in [2.45, 2.75) is 19.3 Å². The molecule has 3 N–H and O–H groups in total. The van der Waals surface area contributed by atoms with Crippen LogP contribution in [0.15, 0.2) is 22.7 Å². The molecule has 0 spiro atoms. The zero-order valence-corrected chi connectivity index (χ0v) is 12.0. The monoisotopic (exact) mass is 329 g/mol. The third kappa shape index (κ3) is 5.35. The highest BCUT2D eigenvalue weighted by Gasteiger charge is 2.11. The average molecular weight is 330 g/mol. The minimum Gasteiger partial charge on any atom is -0.356 e. The molecule has 0 fully saturated rings. The number of nitrogens with two attached hydrogens (primary N) is 1. The number of amides is 1. The van der Waals surface area contributed by atoms with E-state index in [0.29, 0.717) is 17.6 Å². The predicted octanol–water partition coefficient (Wildman–Crippen LogP) is 1.75. The van der Waals surface area contributed by atoms with E-state index >= 15 is 0 Å². The Labute approximate surface area is 119 Å². The van der Waals surface area contributed by atoms with E-state index in [4.69, 9.17) is 5.73 Å². The highest BCUT2D eigenvalue weighted by atomic mass is 79.9. The first kappa shape index (κ1) is 15.6. The van der Waals surface area contributed by atoms with E-state index in [1.54, 1.807) is 6.07 Å². The maximum atomic E-state index is 11.6. The molecule has 0 radical (unpaired) electrons. The van der Waals surface area contributed by atoms with Crippen molar-refractivity contribution in [1.82, 2.24) is 5.32 Å². The lowest BCUT2D eigenvalue weighted by molar-refractivity contribution is -0.384. The molecule has 1 aromatic carbocycles. The van der Waals surface area contributed by atoms with Crippen molar-refractivity contribution in [3.63, 3.8) is 0 Å². The molecule has 0 atom stereocenters. The minimum absolute atomic E-state index is 0.000945. The van der Waals surface area contributed by atoms with E-state index in [9.17, 15) is 14.9 Å². The van der Waals surface area contributed by atoms with Crippen LogP contribution in [0.3, 0.4) is 0 Å². The van der Waals surface area contributed by atoms with Crippen LogP contribution in [-0.4, -0.2) is 23.9 Å². The summed E-state index contributed by atoms with van der Waals surface area (Å²) in [5.41, 5.74) is 6.08. The fraction of sp³-hybridized carbons (Fsp3) is 0.417. The number of halogens is 1. The number of nitro benzene ring substituents is 1. The molecule has 0 aliphatic rings. The van der Waals surface area contributed by atoms with Gasteiger partial charge in [0.15, 0.2) is 0 Å². The van der Waals surface area contributed by atoms with Gasteiger partial charge in [-0.3, -0.25) is 14.9 Å². The molecular weight excluding hydrogens is 314 g/mol. The normalized spacial score (nSPS) is 10.2. The fourth-order valence-electron chi connectivity index (χ4n) is 1.53. The number of carbonyl (C=O) groups excluding carboxylic acids is 1. The Hall–Kier alpha value is -1.47. The lowest BCUT2D eigenvalue weighted by atomic mass is 10.1. The van der Waals surface area contributed by atoms with Crippen molar-refractivity contribution in [2.24, 2.45) is 5.73 Å². The highest BCUT2D eigenvalue weighted by Crippen LogP contribution is 2.23. The van der Waals surface area contributed by atoms with Gasteiger partial charge in [-0.15, -0.1) is 0 Å². The summed E-state index contributed by atoms with van der Waals surface area (Å²) in [4.78, 5) is 21.8. The van der Waals surface area contributed by atoms with E-state index in [0.717, 1.165) is 18.4 Å². The smallest absolute Gasteiger partial charge is 0.270 e. The molecule has 104 valence electrons. The second-order valence-corrected chi connectivity index (χ2v) is 4.91. The summed E-state index contributed by atoms with van der Waals surface area (Å²) in [6.07, 6.45) is 1.92. The van der Waals surface area contributed by atoms with Crippen molar-refractivity contribution < 1.29 is 9.72 Å². The van der Waals surface area contributed by atoms with Gasteiger partial charge in [0, 0.05) is 23.2 Å². The molecule has 0 bridgehead atoms. The van der Waals surface area contributed by atoms with Crippen LogP contribution in [0.25, 0.3) is 0 Å². The largest absolute Gasteiger partial charge is 0.356 e. The molecule has 0 aromatic heterocycles. The SMILES string of the molecule is NCCCCNC(=O)Cc1ccc([N+](=O)[O-])cc1Br. The molecular formula is C12H16BrN3O3. The lowest BCUT2D eigenvalue weighted by Gasteiger charge is -2.06. The maximum Gasteiger partial charge on any atom is 0.270 e. The van der Waals surface area contributed by atoms with E-state index in [1.165, 1.54) is 12.1 Å². The maximum absolute atomic E-state index is 11.6. The zero-order chi connectivity index (χ0) is 14.3. The van der Waals surface area contributed by atoms with Crippen LogP contribution in [0, 0.1) is 10.1 Å². The number of nitrogens with zero attached hydrogens (tertiary/aromatic N) is 1. The van der Waals surface area contributed by atoms with Crippen LogP contribution in [0.4, 0.5) is 5.69 Å². The van der Waals surface area contributed by atoms with Gasteiger partial charge in [-0.25, -0.2) is 0 Å². The van der Waals surface area contributed by atoms with Gasteiger partial charge in [0.2, 0.25) is 5.91 Å². The zero-order valence-electron chi connectivity index (χ0n) is 10.4. The van der Waals surface area contributed by atoms with E-state index < -0.39 is 4.92 Å². The predicted molar refractivity (Wildman–Crippen MR) is 75.8 cm³/mol. The lowest BCUT2D eigenvalue weighted by Crippen LogP contribution is -2.26. The first-order chi connectivity index (χ1) is 9.04. The van der Waals surface area contributed by atoms with Crippen molar-refractivity contribution >= 4 is 27.5 Å². The minimum atomic E-state index is -0.471. The Morgan fingerprint density at radius 2 is 2.16 bits per heavy atom. The molecule has 0 aliphatic carbocycles. The van der Waals surface area contributed by atoms with Gasteiger partial charge in [0.1, 0.15) is 0 Å². The molecule has 1 rings (SSSR count). The van der Waals surface area contributed by atoms with E-state index in [-0.39, 0.29) is 18.0 Å². The molecule has 6 nitrogen and oxygen atoms in total.